The third kappa shape index (κ3) is 6.37. The maximum Gasteiger partial charge on any atom is 0.303 e. The van der Waals surface area contributed by atoms with Crippen LogP contribution in [0.5, 0.6) is 0 Å². The number of aliphatic carboxylic acids is 1. The Morgan fingerprint density at radius 3 is 2.47 bits per heavy atom. The predicted octanol–water partition coefficient (Wildman–Crippen LogP) is 3.84. The molecule has 0 aliphatic carbocycles. The van der Waals surface area contributed by atoms with Crippen LogP contribution in [0.1, 0.15) is 32.3 Å². The largest absolute Gasteiger partial charge is 0.481 e. The molecule has 94 valence electrons. The molecule has 1 aromatic carbocycles. The highest BCUT2D eigenvalue weighted by Gasteiger charge is 2.00. The van der Waals surface area contributed by atoms with Crippen LogP contribution in [-0.4, -0.2) is 16.8 Å². The van der Waals surface area contributed by atoms with Gasteiger partial charge in [0.05, 0.1) is 0 Å². The summed E-state index contributed by atoms with van der Waals surface area (Å²) < 4.78 is 0. The number of carboxylic acids is 1. The quantitative estimate of drug-likeness (QED) is 0.749. The van der Waals surface area contributed by atoms with Gasteiger partial charge in [0.1, 0.15) is 0 Å². The average Bonchev–Trinajstić information content (AvgIpc) is 2.27. The van der Waals surface area contributed by atoms with Crippen LogP contribution in [0.3, 0.4) is 0 Å². The summed E-state index contributed by atoms with van der Waals surface area (Å²) in [5.41, 5.74) is 1.10. The van der Waals surface area contributed by atoms with Gasteiger partial charge in [0.15, 0.2) is 0 Å². The van der Waals surface area contributed by atoms with Crippen molar-refractivity contribution in [2.45, 2.75) is 38.0 Å². The Kier molecular flexibility index (Phi) is 6.12. The maximum absolute atomic E-state index is 10.4. The van der Waals surface area contributed by atoms with Crippen LogP contribution in [0, 0.1) is 5.92 Å². The Morgan fingerprint density at radius 2 is 1.94 bits per heavy atom. The molecule has 1 aromatic rings. The van der Waals surface area contributed by atoms with Gasteiger partial charge in [-0.3, -0.25) is 4.79 Å². The first-order chi connectivity index (χ1) is 8.08. The number of aryl methyl sites for hydroxylation is 1. The van der Waals surface area contributed by atoms with Crippen molar-refractivity contribution >= 4 is 17.7 Å². The monoisotopic (exact) mass is 252 g/mol. The minimum absolute atomic E-state index is 0.208. The molecule has 3 heteroatoms. The molecule has 0 unspecified atom stereocenters. The van der Waals surface area contributed by atoms with Crippen LogP contribution in [0.2, 0.25) is 0 Å². The standard InChI is InChI=1S/C14H20O2S/c1-11(2)9-10-17-13-6-3-12(4-7-13)5-8-14(15)16/h3-4,6-7,11H,5,8-10H2,1-2H3,(H,15,16). The fraction of sp³-hybridized carbons (Fsp3) is 0.500. The lowest BCUT2D eigenvalue weighted by Gasteiger charge is -2.05. The van der Waals surface area contributed by atoms with Gasteiger partial charge in [-0.25, -0.2) is 0 Å². The summed E-state index contributed by atoms with van der Waals surface area (Å²) in [6, 6.07) is 8.23. The summed E-state index contributed by atoms with van der Waals surface area (Å²) in [6.45, 7) is 4.46. The van der Waals surface area contributed by atoms with Gasteiger partial charge < -0.3 is 5.11 Å². The van der Waals surface area contributed by atoms with Crippen molar-refractivity contribution < 1.29 is 9.90 Å². The second-order valence-corrected chi connectivity index (χ2v) is 5.74. The van der Waals surface area contributed by atoms with Gasteiger partial charge >= 0.3 is 5.97 Å². The Hall–Kier alpha value is -0.960. The number of benzene rings is 1. The molecule has 1 N–H and O–H groups in total. The summed E-state index contributed by atoms with van der Waals surface area (Å²) >= 11 is 1.87. The van der Waals surface area contributed by atoms with Gasteiger partial charge in [0, 0.05) is 11.3 Å². The molecule has 17 heavy (non-hydrogen) atoms. The maximum atomic E-state index is 10.4. The Morgan fingerprint density at radius 1 is 1.29 bits per heavy atom. The highest BCUT2D eigenvalue weighted by Crippen LogP contribution is 2.21. The van der Waals surface area contributed by atoms with Crippen molar-refractivity contribution in [3.05, 3.63) is 29.8 Å². The molecule has 0 saturated carbocycles. The lowest BCUT2D eigenvalue weighted by molar-refractivity contribution is -0.136. The fourth-order valence-corrected chi connectivity index (χ4v) is 2.57. The molecule has 0 aliphatic heterocycles. The van der Waals surface area contributed by atoms with Crippen molar-refractivity contribution in [1.82, 2.24) is 0 Å². The normalized spacial score (nSPS) is 10.8. The zero-order chi connectivity index (χ0) is 12.7. The molecule has 0 atom stereocenters. The lowest BCUT2D eigenvalue weighted by Crippen LogP contribution is -1.97. The zero-order valence-electron chi connectivity index (χ0n) is 10.5. The smallest absolute Gasteiger partial charge is 0.303 e. The predicted molar refractivity (Wildman–Crippen MR) is 72.6 cm³/mol. The average molecular weight is 252 g/mol. The molecule has 0 heterocycles. The van der Waals surface area contributed by atoms with E-state index < -0.39 is 5.97 Å². The van der Waals surface area contributed by atoms with Crippen LogP contribution in [-0.2, 0) is 11.2 Å². The molecule has 0 amide bonds. The molecule has 0 spiro atoms. The number of rotatable bonds is 7. The summed E-state index contributed by atoms with van der Waals surface area (Å²) in [4.78, 5) is 11.7. The third-order valence-corrected chi connectivity index (χ3v) is 3.56. The first-order valence-corrected chi connectivity index (χ1v) is 7.00. The molecular weight excluding hydrogens is 232 g/mol. The van der Waals surface area contributed by atoms with Crippen molar-refractivity contribution in [3.8, 4) is 0 Å². The minimum Gasteiger partial charge on any atom is -0.481 e. The Bertz CT molecular complexity index is 344. The van der Waals surface area contributed by atoms with Gasteiger partial charge in [0.25, 0.3) is 0 Å². The van der Waals surface area contributed by atoms with E-state index in [1.54, 1.807) is 0 Å². The van der Waals surface area contributed by atoms with E-state index in [1.165, 1.54) is 11.3 Å². The Balaban J connectivity index is 2.36. The number of thioether (sulfide) groups is 1. The van der Waals surface area contributed by atoms with Gasteiger partial charge in [-0.1, -0.05) is 26.0 Å². The van der Waals surface area contributed by atoms with Gasteiger partial charge in [0.2, 0.25) is 0 Å². The number of carbonyl (C=O) groups is 1. The van der Waals surface area contributed by atoms with Gasteiger partial charge in [-0.05, 0) is 42.2 Å². The van der Waals surface area contributed by atoms with E-state index in [1.807, 2.05) is 23.9 Å². The van der Waals surface area contributed by atoms with E-state index in [-0.39, 0.29) is 6.42 Å². The molecule has 0 aliphatic rings. The fourth-order valence-electron chi connectivity index (χ4n) is 1.42. The van der Waals surface area contributed by atoms with E-state index in [0.29, 0.717) is 6.42 Å². The number of carboxylic acid groups (broad SMARTS) is 1. The zero-order valence-corrected chi connectivity index (χ0v) is 11.3. The molecule has 0 bridgehead atoms. The van der Waals surface area contributed by atoms with E-state index >= 15 is 0 Å². The molecule has 0 radical (unpaired) electrons. The third-order valence-electron chi connectivity index (χ3n) is 2.51. The lowest BCUT2D eigenvalue weighted by atomic mass is 10.1. The molecular formula is C14H20O2S. The van der Waals surface area contributed by atoms with Crippen LogP contribution < -0.4 is 0 Å². The summed E-state index contributed by atoms with van der Waals surface area (Å²) in [6.07, 6.45) is 2.05. The molecule has 0 saturated heterocycles. The van der Waals surface area contributed by atoms with E-state index in [9.17, 15) is 4.79 Å². The molecule has 1 rings (SSSR count). The van der Waals surface area contributed by atoms with E-state index in [2.05, 4.69) is 26.0 Å². The summed E-state index contributed by atoms with van der Waals surface area (Å²) in [5, 5.41) is 8.59. The van der Waals surface area contributed by atoms with Gasteiger partial charge in [-0.2, -0.15) is 0 Å². The van der Waals surface area contributed by atoms with Crippen molar-refractivity contribution in [2.24, 2.45) is 5.92 Å². The van der Waals surface area contributed by atoms with Crippen LogP contribution in [0.25, 0.3) is 0 Å². The molecule has 0 aromatic heterocycles. The van der Waals surface area contributed by atoms with Crippen LogP contribution in [0.15, 0.2) is 29.2 Å². The van der Waals surface area contributed by atoms with Crippen molar-refractivity contribution in [1.29, 1.82) is 0 Å². The first-order valence-electron chi connectivity index (χ1n) is 6.01. The highest BCUT2D eigenvalue weighted by atomic mass is 32.2. The number of hydrogen-bond donors (Lipinski definition) is 1. The van der Waals surface area contributed by atoms with Crippen LogP contribution in [0.4, 0.5) is 0 Å². The molecule has 0 fully saturated rings. The second kappa shape index (κ2) is 7.38. The highest BCUT2D eigenvalue weighted by molar-refractivity contribution is 7.99. The SMILES string of the molecule is CC(C)CCSc1ccc(CCC(=O)O)cc1. The van der Waals surface area contributed by atoms with Crippen LogP contribution >= 0.6 is 11.8 Å². The summed E-state index contributed by atoms with van der Waals surface area (Å²) in [7, 11) is 0. The van der Waals surface area contributed by atoms with Gasteiger partial charge in [-0.15, -0.1) is 11.8 Å². The Labute approximate surface area is 107 Å². The van der Waals surface area contributed by atoms with E-state index in [4.69, 9.17) is 5.11 Å². The van der Waals surface area contributed by atoms with E-state index in [0.717, 1.165) is 17.2 Å². The first kappa shape index (κ1) is 14.1. The van der Waals surface area contributed by atoms with Crippen molar-refractivity contribution in [3.63, 3.8) is 0 Å². The van der Waals surface area contributed by atoms with Crippen molar-refractivity contribution in [2.75, 3.05) is 5.75 Å². The number of hydrogen-bond acceptors (Lipinski definition) is 2. The minimum atomic E-state index is -0.736. The molecule has 2 nitrogen and oxygen atoms in total. The second-order valence-electron chi connectivity index (χ2n) is 4.57. The topological polar surface area (TPSA) is 37.3 Å². The summed E-state index contributed by atoms with van der Waals surface area (Å²) in [5.74, 6) is 1.16.